The summed E-state index contributed by atoms with van der Waals surface area (Å²) in [6.07, 6.45) is 3.75. The maximum Gasteiger partial charge on any atom is 0.139 e. The number of nitrogens with two attached hydrogens (primary N) is 1. The molecule has 0 radical (unpaired) electrons. The van der Waals surface area contributed by atoms with Crippen molar-refractivity contribution in [1.29, 1.82) is 0 Å². The van der Waals surface area contributed by atoms with Crippen LogP contribution in [0.4, 0.5) is 5.82 Å². The Hall–Kier alpha value is -1.16. The van der Waals surface area contributed by atoms with Gasteiger partial charge in [-0.3, -0.25) is 0 Å². The lowest BCUT2D eigenvalue weighted by Crippen LogP contribution is -2.35. The molecule has 1 aliphatic heterocycles. The molecule has 0 unspecified atom stereocenters. The van der Waals surface area contributed by atoms with Crippen molar-refractivity contribution in [3.63, 3.8) is 0 Å². The fourth-order valence-electron chi connectivity index (χ4n) is 2.53. The van der Waals surface area contributed by atoms with Crippen molar-refractivity contribution in [2.45, 2.75) is 33.1 Å². The van der Waals surface area contributed by atoms with Gasteiger partial charge in [0, 0.05) is 18.8 Å². The van der Waals surface area contributed by atoms with E-state index in [1.807, 2.05) is 19.1 Å². The van der Waals surface area contributed by atoms with Gasteiger partial charge in [-0.2, -0.15) is 0 Å². The van der Waals surface area contributed by atoms with E-state index in [1.165, 1.54) is 19.3 Å². The average Bonchev–Trinajstić information content (AvgIpc) is 2.38. The normalized spacial score (nSPS) is 16.9. The Bertz CT molecular complexity index is 437. The third-order valence-corrected chi connectivity index (χ3v) is 3.99. The summed E-state index contributed by atoms with van der Waals surface area (Å²) in [5, 5.41) is 0. The highest BCUT2D eigenvalue weighted by molar-refractivity contribution is 7.80. The Morgan fingerprint density at radius 1 is 1.44 bits per heavy atom. The number of hydrogen-bond donors (Lipinski definition) is 1. The lowest BCUT2D eigenvalue weighted by atomic mass is 9.94. The third kappa shape index (κ3) is 2.80. The Morgan fingerprint density at radius 3 is 2.67 bits per heavy atom. The number of hydrogen-bond acceptors (Lipinski definition) is 3. The van der Waals surface area contributed by atoms with E-state index in [4.69, 9.17) is 18.0 Å². The second-order valence-corrected chi connectivity index (χ2v) is 5.47. The molecule has 2 heterocycles. The fraction of sp³-hybridized carbons (Fsp3) is 0.571. The zero-order valence-electron chi connectivity index (χ0n) is 11.1. The first-order valence-corrected chi connectivity index (χ1v) is 7.05. The summed E-state index contributed by atoms with van der Waals surface area (Å²) in [5.74, 6) is 1.83. The summed E-state index contributed by atoms with van der Waals surface area (Å²) in [6.45, 7) is 6.40. The van der Waals surface area contributed by atoms with Gasteiger partial charge >= 0.3 is 0 Å². The summed E-state index contributed by atoms with van der Waals surface area (Å²) in [4.78, 5) is 7.39. The molecule has 0 spiro atoms. The molecule has 0 amide bonds. The number of aryl methyl sites for hydroxylation is 1. The average molecular weight is 263 g/mol. The topological polar surface area (TPSA) is 42.2 Å². The summed E-state index contributed by atoms with van der Waals surface area (Å²) < 4.78 is 0. The Balaban J connectivity index is 2.22. The molecule has 18 heavy (non-hydrogen) atoms. The van der Waals surface area contributed by atoms with E-state index in [0.717, 1.165) is 36.1 Å². The van der Waals surface area contributed by atoms with E-state index in [9.17, 15) is 0 Å². The predicted octanol–water partition coefficient (Wildman–Crippen LogP) is 2.65. The molecule has 0 bridgehead atoms. The van der Waals surface area contributed by atoms with Gasteiger partial charge in [0.05, 0.1) is 5.56 Å². The molecule has 0 aromatic carbocycles. The minimum absolute atomic E-state index is 0.440. The zero-order valence-corrected chi connectivity index (χ0v) is 12.0. The van der Waals surface area contributed by atoms with Crippen LogP contribution in [0.3, 0.4) is 0 Å². The highest BCUT2D eigenvalue weighted by Crippen LogP contribution is 2.26. The van der Waals surface area contributed by atoms with Crippen LogP contribution in [0, 0.1) is 12.8 Å². The standard InChI is InChI=1S/C14H21N3S/c1-3-11-6-8-17(9-7-11)14-12(13(15)18)5-4-10(2)16-14/h4-5,11H,3,6-9H2,1-2H3,(H2,15,18). The molecular formula is C14H21N3S. The Labute approximate surface area is 114 Å². The summed E-state index contributed by atoms with van der Waals surface area (Å²) >= 11 is 5.12. The van der Waals surface area contributed by atoms with E-state index < -0.39 is 0 Å². The van der Waals surface area contributed by atoms with Crippen LogP contribution in [-0.2, 0) is 0 Å². The van der Waals surface area contributed by atoms with Crippen LogP contribution < -0.4 is 10.6 Å². The van der Waals surface area contributed by atoms with Crippen LogP contribution >= 0.6 is 12.2 Å². The first-order chi connectivity index (χ1) is 8.61. The molecule has 0 atom stereocenters. The molecule has 1 saturated heterocycles. The maximum atomic E-state index is 5.79. The number of aromatic nitrogens is 1. The van der Waals surface area contributed by atoms with E-state index >= 15 is 0 Å². The number of piperidine rings is 1. The third-order valence-electron chi connectivity index (χ3n) is 3.77. The molecule has 98 valence electrons. The molecule has 4 heteroatoms. The molecule has 0 aliphatic carbocycles. The highest BCUT2D eigenvalue weighted by atomic mass is 32.1. The fourth-order valence-corrected chi connectivity index (χ4v) is 2.69. The zero-order chi connectivity index (χ0) is 13.1. The lowest BCUT2D eigenvalue weighted by molar-refractivity contribution is 0.393. The van der Waals surface area contributed by atoms with Crippen LogP contribution in [0.1, 0.15) is 37.4 Å². The molecule has 0 saturated carbocycles. The van der Waals surface area contributed by atoms with Crippen molar-refractivity contribution in [2.75, 3.05) is 18.0 Å². The smallest absolute Gasteiger partial charge is 0.139 e. The van der Waals surface area contributed by atoms with E-state index in [1.54, 1.807) is 0 Å². The highest BCUT2D eigenvalue weighted by Gasteiger charge is 2.21. The van der Waals surface area contributed by atoms with Crippen molar-refractivity contribution >= 4 is 23.0 Å². The molecule has 3 nitrogen and oxygen atoms in total. The number of pyridine rings is 1. The second kappa shape index (κ2) is 5.65. The van der Waals surface area contributed by atoms with Gasteiger partial charge in [0.1, 0.15) is 10.8 Å². The van der Waals surface area contributed by atoms with Gasteiger partial charge in [-0.25, -0.2) is 4.98 Å². The SMILES string of the molecule is CCC1CCN(c2nc(C)ccc2C(N)=S)CC1. The van der Waals surface area contributed by atoms with Crippen molar-refractivity contribution in [1.82, 2.24) is 4.98 Å². The van der Waals surface area contributed by atoms with Crippen LogP contribution in [0.25, 0.3) is 0 Å². The Kier molecular flexibility index (Phi) is 4.17. The first-order valence-electron chi connectivity index (χ1n) is 6.64. The summed E-state index contributed by atoms with van der Waals surface area (Å²) in [7, 11) is 0. The minimum Gasteiger partial charge on any atom is -0.389 e. The molecule has 1 aliphatic rings. The van der Waals surface area contributed by atoms with Gasteiger partial charge in [-0.1, -0.05) is 25.6 Å². The molecule has 2 N–H and O–H groups in total. The Morgan fingerprint density at radius 2 is 2.11 bits per heavy atom. The van der Waals surface area contributed by atoms with Gasteiger partial charge in [0.15, 0.2) is 0 Å². The molecule has 1 aromatic rings. The van der Waals surface area contributed by atoms with Crippen molar-refractivity contribution < 1.29 is 0 Å². The quantitative estimate of drug-likeness (QED) is 0.851. The van der Waals surface area contributed by atoms with Gasteiger partial charge < -0.3 is 10.6 Å². The molecule has 2 rings (SSSR count). The summed E-state index contributed by atoms with van der Waals surface area (Å²) in [6, 6.07) is 3.96. The minimum atomic E-state index is 0.440. The van der Waals surface area contributed by atoms with Crippen LogP contribution in [0.5, 0.6) is 0 Å². The van der Waals surface area contributed by atoms with Gasteiger partial charge in [-0.05, 0) is 37.8 Å². The molecule has 1 aromatic heterocycles. The molecular weight excluding hydrogens is 242 g/mol. The van der Waals surface area contributed by atoms with Crippen LogP contribution in [0.15, 0.2) is 12.1 Å². The number of anilines is 1. The first kappa shape index (κ1) is 13.3. The maximum absolute atomic E-state index is 5.79. The predicted molar refractivity (Wildman–Crippen MR) is 80.1 cm³/mol. The van der Waals surface area contributed by atoms with Crippen molar-refractivity contribution in [2.24, 2.45) is 11.7 Å². The van der Waals surface area contributed by atoms with Gasteiger partial charge in [0.2, 0.25) is 0 Å². The lowest BCUT2D eigenvalue weighted by Gasteiger charge is -2.33. The van der Waals surface area contributed by atoms with Gasteiger partial charge in [0.25, 0.3) is 0 Å². The summed E-state index contributed by atoms with van der Waals surface area (Å²) in [5.41, 5.74) is 7.71. The second-order valence-electron chi connectivity index (χ2n) is 5.03. The van der Waals surface area contributed by atoms with E-state index in [0.29, 0.717) is 4.99 Å². The van der Waals surface area contributed by atoms with Gasteiger partial charge in [-0.15, -0.1) is 0 Å². The monoisotopic (exact) mass is 263 g/mol. The molecule has 1 fully saturated rings. The largest absolute Gasteiger partial charge is 0.389 e. The van der Waals surface area contributed by atoms with E-state index in [-0.39, 0.29) is 0 Å². The van der Waals surface area contributed by atoms with E-state index in [2.05, 4.69) is 16.8 Å². The van der Waals surface area contributed by atoms with Crippen molar-refractivity contribution in [3.05, 3.63) is 23.4 Å². The van der Waals surface area contributed by atoms with Crippen LogP contribution in [0.2, 0.25) is 0 Å². The van der Waals surface area contributed by atoms with Crippen LogP contribution in [-0.4, -0.2) is 23.1 Å². The number of nitrogens with zero attached hydrogens (tertiary/aromatic N) is 2. The number of rotatable bonds is 3. The number of thiocarbonyl (C=S) groups is 1. The van der Waals surface area contributed by atoms with Crippen molar-refractivity contribution in [3.8, 4) is 0 Å².